The molecule has 2 atom stereocenters. The number of hydrogen-bond acceptors (Lipinski definition) is 5. The zero-order chi connectivity index (χ0) is 23.8. The molecule has 0 saturated heterocycles. The summed E-state index contributed by atoms with van der Waals surface area (Å²) < 4.78 is 8.28. The quantitative estimate of drug-likeness (QED) is 0.451. The predicted octanol–water partition coefficient (Wildman–Crippen LogP) is 3.86. The van der Waals surface area contributed by atoms with Gasteiger partial charge in [0.25, 0.3) is 5.91 Å². The standard InChI is InChI=1S/C28H25N5O2/c1-32-24(29-19-30-32)18-33-17-22-14-8-9-15-23(22)25-28(27(33)34,16-20-10-4-2-5-11-20)31-26(35-25)21-12-6-3-7-13-21/h2-15,19,25H,16-18H2,1H3/t25-,28-/m0/s1. The molecule has 7 heteroatoms. The first-order chi connectivity index (χ1) is 17.1. The zero-order valence-electron chi connectivity index (χ0n) is 19.4. The van der Waals surface area contributed by atoms with Crippen molar-refractivity contribution in [2.24, 2.45) is 12.0 Å². The average Bonchev–Trinajstić information content (AvgIpc) is 3.46. The number of aliphatic imine (C=N–C) groups is 1. The van der Waals surface area contributed by atoms with Gasteiger partial charge in [0.05, 0.1) is 6.54 Å². The largest absolute Gasteiger partial charge is 0.466 e. The summed E-state index contributed by atoms with van der Waals surface area (Å²) in [6.45, 7) is 0.789. The summed E-state index contributed by atoms with van der Waals surface area (Å²) in [6, 6.07) is 28.0. The summed E-state index contributed by atoms with van der Waals surface area (Å²) in [5.41, 5.74) is 2.79. The summed E-state index contributed by atoms with van der Waals surface area (Å²) in [4.78, 5) is 25.8. The number of benzene rings is 3. The highest BCUT2D eigenvalue weighted by Crippen LogP contribution is 2.46. The molecule has 174 valence electrons. The monoisotopic (exact) mass is 463 g/mol. The number of fused-ring (bicyclic) bond motifs is 3. The van der Waals surface area contributed by atoms with E-state index in [4.69, 9.17) is 9.73 Å². The molecule has 0 unspecified atom stereocenters. The Morgan fingerprint density at radius 3 is 2.43 bits per heavy atom. The van der Waals surface area contributed by atoms with Crippen molar-refractivity contribution in [1.82, 2.24) is 19.7 Å². The maximum Gasteiger partial charge on any atom is 0.255 e. The van der Waals surface area contributed by atoms with Crippen molar-refractivity contribution >= 4 is 11.8 Å². The molecule has 3 aromatic carbocycles. The molecule has 0 aliphatic carbocycles. The van der Waals surface area contributed by atoms with Crippen LogP contribution in [-0.2, 0) is 36.1 Å². The van der Waals surface area contributed by atoms with E-state index < -0.39 is 11.6 Å². The van der Waals surface area contributed by atoms with Crippen LogP contribution in [0.2, 0.25) is 0 Å². The van der Waals surface area contributed by atoms with E-state index in [0.717, 1.165) is 28.1 Å². The Morgan fingerprint density at radius 2 is 1.69 bits per heavy atom. The Bertz CT molecular complexity index is 1400. The van der Waals surface area contributed by atoms with Crippen LogP contribution in [0.3, 0.4) is 0 Å². The molecule has 2 aliphatic heterocycles. The molecule has 0 radical (unpaired) electrons. The molecule has 0 spiro atoms. The smallest absolute Gasteiger partial charge is 0.255 e. The number of carbonyl (C=O) groups excluding carboxylic acids is 1. The van der Waals surface area contributed by atoms with Crippen molar-refractivity contribution in [1.29, 1.82) is 0 Å². The third-order valence-electron chi connectivity index (χ3n) is 6.80. The van der Waals surface area contributed by atoms with Crippen LogP contribution in [0.1, 0.15) is 34.2 Å². The third-order valence-corrected chi connectivity index (χ3v) is 6.80. The van der Waals surface area contributed by atoms with Crippen LogP contribution < -0.4 is 0 Å². The number of carbonyl (C=O) groups is 1. The number of ether oxygens (including phenoxy) is 1. The lowest BCUT2D eigenvalue weighted by Gasteiger charge is -2.32. The van der Waals surface area contributed by atoms with E-state index in [1.54, 1.807) is 4.68 Å². The second-order valence-corrected chi connectivity index (χ2v) is 9.03. The van der Waals surface area contributed by atoms with E-state index in [-0.39, 0.29) is 5.91 Å². The summed E-state index contributed by atoms with van der Waals surface area (Å²) in [7, 11) is 1.84. The van der Waals surface area contributed by atoms with E-state index in [0.29, 0.717) is 25.4 Å². The lowest BCUT2D eigenvalue weighted by molar-refractivity contribution is -0.140. The summed E-state index contributed by atoms with van der Waals surface area (Å²) in [6.07, 6.45) is 1.40. The molecule has 0 bridgehead atoms. The third kappa shape index (κ3) is 3.69. The average molecular weight is 464 g/mol. The Labute approximate surface area is 203 Å². The molecule has 2 aliphatic rings. The van der Waals surface area contributed by atoms with Gasteiger partial charge in [-0.25, -0.2) is 9.98 Å². The first-order valence-corrected chi connectivity index (χ1v) is 11.7. The van der Waals surface area contributed by atoms with Crippen LogP contribution in [-0.4, -0.2) is 37.0 Å². The maximum absolute atomic E-state index is 14.5. The summed E-state index contributed by atoms with van der Waals surface area (Å²) in [5.74, 6) is 1.14. The van der Waals surface area contributed by atoms with E-state index in [1.807, 2.05) is 84.7 Å². The number of nitrogens with zero attached hydrogens (tertiary/aromatic N) is 5. The SMILES string of the molecule is Cn1ncnc1CN1Cc2ccccc2[C@@H]2OC(c3ccccc3)=N[C@]2(Cc2ccccc2)C1=O. The Hall–Kier alpha value is -4.26. The second-order valence-electron chi connectivity index (χ2n) is 9.03. The molecule has 1 amide bonds. The predicted molar refractivity (Wildman–Crippen MR) is 131 cm³/mol. The molecule has 7 nitrogen and oxygen atoms in total. The van der Waals surface area contributed by atoms with Crippen molar-refractivity contribution < 1.29 is 9.53 Å². The Morgan fingerprint density at radius 1 is 0.971 bits per heavy atom. The molecule has 6 rings (SSSR count). The number of aromatic nitrogens is 3. The first kappa shape index (κ1) is 21.3. The van der Waals surface area contributed by atoms with Crippen LogP contribution in [0.15, 0.2) is 96.2 Å². The highest BCUT2D eigenvalue weighted by molar-refractivity contribution is 6.01. The highest BCUT2D eigenvalue weighted by atomic mass is 16.5. The van der Waals surface area contributed by atoms with E-state index >= 15 is 0 Å². The number of hydrogen-bond donors (Lipinski definition) is 0. The zero-order valence-corrected chi connectivity index (χ0v) is 19.4. The molecular formula is C28H25N5O2. The van der Waals surface area contributed by atoms with Gasteiger partial charge in [0.2, 0.25) is 5.90 Å². The lowest BCUT2D eigenvalue weighted by atomic mass is 9.81. The van der Waals surface area contributed by atoms with Gasteiger partial charge in [0.15, 0.2) is 11.6 Å². The fraction of sp³-hybridized carbons (Fsp3) is 0.214. The topological polar surface area (TPSA) is 72.6 Å². The van der Waals surface area contributed by atoms with Crippen molar-refractivity contribution in [3.8, 4) is 0 Å². The minimum atomic E-state index is -1.14. The molecular weight excluding hydrogens is 438 g/mol. The lowest BCUT2D eigenvalue weighted by Crippen LogP contribution is -2.49. The van der Waals surface area contributed by atoms with Gasteiger partial charge in [-0.2, -0.15) is 5.10 Å². The molecule has 3 heterocycles. The van der Waals surface area contributed by atoms with Crippen LogP contribution in [0.25, 0.3) is 0 Å². The molecule has 1 aromatic heterocycles. The first-order valence-electron chi connectivity index (χ1n) is 11.7. The van der Waals surface area contributed by atoms with Crippen molar-refractivity contribution in [3.05, 3.63) is 119 Å². The maximum atomic E-state index is 14.5. The number of aryl methyl sites for hydroxylation is 1. The van der Waals surface area contributed by atoms with Gasteiger partial charge in [-0.3, -0.25) is 9.48 Å². The van der Waals surface area contributed by atoms with E-state index in [2.05, 4.69) is 22.2 Å². The van der Waals surface area contributed by atoms with Gasteiger partial charge >= 0.3 is 0 Å². The van der Waals surface area contributed by atoms with Gasteiger partial charge in [-0.05, 0) is 23.3 Å². The normalized spacial score (nSPS) is 21.1. The van der Waals surface area contributed by atoms with Crippen molar-refractivity contribution in [2.75, 3.05) is 0 Å². The van der Waals surface area contributed by atoms with Gasteiger partial charge in [0, 0.05) is 31.1 Å². The molecule has 35 heavy (non-hydrogen) atoms. The highest BCUT2D eigenvalue weighted by Gasteiger charge is 2.56. The van der Waals surface area contributed by atoms with Crippen LogP contribution >= 0.6 is 0 Å². The Balaban J connectivity index is 1.53. The molecule has 0 saturated carbocycles. The van der Waals surface area contributed by atoms with Crippen LogP contribution in [0, 0.1) is 0 Å². The van der Waals surface area contributed by atoms with Crippen LogP contribution in [0.4, 0.5) is 0 Å². The molecule has 0 N–H and O–H groups in total. The fourth-order valence-electron chi connectivity index (χ4n) is 5.03. The van der Waals surface area contributed by atoms with Crippen LogP contribution in [0.5, 0.6) is 0 Å². The minimum absolute atomic E-state index is 0.0727. The van der Waals surface area contributed by atoms with E-state index in [9.17, 15) is 4.79 Å². The molecule has 4 aromatic rings. The van der Waals surface area contributed by atoms with Gasteiger partial charge in [-0.15, -0.1) is 0 Å². The minimum Gasteiger partial charge on any atom is -0.466 e. The van der Waals surface area contributed by atoms with Crippen molar-refractivity contribution in [2.45, 2.75) is 31.2 Å². The molecule has 0 fully saturated rings. The fourth-order valence-corrected chi connectivity index (χ4v) is 5.03. The number of rotatable bonds is 5. The van der Waals surface area contributed by atoms with Gasteiger partial charge in [-0.1, -0.05) is 72.8 Å². The Kier molecular flexibility index (Phi) is 5.17. The van der Waals surface area contributed by atoms with Gasteiger partial charge < -0.3 is 9.64 Å². The van der Waals surface area contributed by atoms with E-state index in [1.165, 1.54) is 6.33 Å². The second kappa shape index (κ2) is 8.51. The van der Waals surface area contributed by atoms with Gasteiger partial charge in [0.1, 0.15) is 12.2 Å². The number of amides is 1. The summed E-state index contributed by atoms with van der Waals surface area (Å²) in [5, 5.41) is 4.19. The van der Waals surface area contributed by atoms with Crippen molar-refractivity contribution in [3.63, 3.8) is 0 Å². The summed E-state index contributed by atoms with van der Waals surface area (Å²) >= 11 is 0.